The fourth-order valence-electron chi connectivity index (χ4n) is 1.47. The van der Waals surface area contributed by atoms with Crippen molar-refractivity contribution in [3.05, 3.63) is 45.5 Å². The molecule has 2 heteroatoms. The molecule has 0 saturated carbocycles. The van der Waals surface area contributed by atoms with Gasteiger partial charge in [0.05, 0.1) is 12.5 Å². The maximum Gasteiger partial charge on any atom is 0.0669 e. The Labute approximate surface area is 96.5 Å². The number of halogens is 1. The summed E-state index contributed by atoms with van der Waals surface area (Å²) in [4.78, 5) is 0. The highest BCUT2D eigenvalue weighted by Gasteiger charge is 1.96. The zero-order chi connectivity index (χ0) is 9.97. The molecule has 0 aromatic heterocycles. The molecule has 14 heavy (non-hydrogen) atoms. The molecule has 1 nitrogen and oxygen atoms in total. The summed E-state index contributed by atoms with van der Waals surface area (Å²) in [5.41, 5.74) is 1.08. The summed E-state index contributed by atoms with van der Waals surface area (Å²) >= 11 is 2.30. The predicted octanol–water partition coefficient (Wildman–Crippen LogP) is 3.51. The zero-order valence-electron chi connectivity index (χ0n) is 7.50. The Morgan fingerprint density at radius 3 is 2.57 bits per heavy atom. The quantitative estimate of drug-likeness (QED) is 0.738. The van der Waals surface area contributed by atoms with Crippen LogP contribution in [0.15, 0.2) is 36.4 Å². The van der Waals surface area contributed by atoms with Crippen molar-refractivity contribution in [1.29, 1.82) is 5.26 Å². The Kier molecular flexibility index (Phi) is 2.69. The molecule has 0 amide bonds. The summed E-state index contributed by atoms with van der Waals surface area (Å²) < 4.78 is 1.24. The van der Waals surface area contributed by atoms with Crippen molar-refractivity contribution in [2.24, 2.45) is 0 Å². The normalized spacial score (nSPS) is 10.0. The van der Waals surface area contributed by atoms with Crippen molar-refractivity contribution in [2.45, 2.75) is 6.42 Å². The fourth-order valence-corrected chi connectivity index (χ4v) is 1.98. The molecular formula is C12H8IN. The molecule has 0 fully saturated rings. The summed E-state index contributed by atoms with van der Waals surface area (Å²) in [5.74, 6) is 0. The molecule has 0 aliphatic carbocycles. The molecular weight excluding hydrogens is 285 g/mol. The van der Waals surface area contributed by atoms with E-state index >= 15 is 0 Å². The molecule has 0 unspecified atom stereocenters. The van der Waals surface area contributed by atoms with Crippen molar-refractivity contribution < 1.29 is 0 Å². The van der Waals surface area contributed by atoms with Gasteiger partial charge in [-0.05, 0) is 51.1 Å². The molecule has 0 N–H and O–H groups in total. The molecule has 0 spiro atoms. The van der Waals surface area contributed by atoms with Crippen LogP contribution < -0.4 is 0 Å². The van der Waals surface area contributed by atoms with E-state index in [0.29, 0.717) is 6.42 Å². The predicted molar refractivity (Wildman–Crippen MR) is 66.0 cm³/mol. The largest absolute Gasteiger partial charge is 0.198 e. The monoisotopic (exact) mass is 293 g/mol. The van der Waals surface area contributed by atoms with Crippen LogP contribution in [-0.2, 0) is 6.42 Å². The lowest BCUT2D eigenvalue weighted by Gasteiger charge is -2.00. The molecule has 2 aromatic carbocycles. The first-order valence-corrected chi connectivity index (χ1v) is 5.42. The van der Waals surface area contributed by atoms with Gasteiger partial charge in [0.25, 0.3) is 0 Å². The van der Waals surface area contributed by atoms with Gasteiger partial charge in [-0.1, -0.05) is 24.3 Å². The van der Waals surface area contributed by atoms with Gasteiger partial charge in [0.2, 0.25) is 0 Å². The topological polar surface area (TPSA) is 23.8 Å². The van der Waals surface area contributed by atoms with Crippen molar-refractivity contribution >= 4 is 33.4 Å². The number of benzene rings is 2. The molecule has 2 aromatic rings. The van der Waals surface area contributed by atoms with Gasteiger partial charge in [-0.15, -0.1) is 0 Å². The molecule has 0 heterocycles. The number of rotatable bonds is 1. The number of nitriles is 1. The maximum atomic E-state index is 8.58. The average molecular weight is 293 g/mol. The van der Waals surface area contributed by atoms with E-state index in [1.807, 2.05) is 6.07 Å². The maximum absolute atomic E-state index is 8.58. The third-order valence-corrected chi connectivity index (χ3v) is 2.82. The molecule has 0 aliphatic heterocycles. The van der Waals surface area contributed by atoms with Crippen LogP contribution >= 0.6 is 22.6 Å². The van der Waals surface area contributed by atoms with E-state index in [2.05, 4.69) is 59.0 Å². The summed E-state index contributed by atoms with van der Waals surface area (Å²) in [6, 6.07) is 14.6. The van der Waals surface area contributed by atoms with Crippen molar-refractivity contribution in [3.63, 3.8) is 0 Å². The number of nitrogens with zero attached hydrogens (tertiary/aromatic N) is 1. The van der Waals surface area contributed by atoms with E-state index in [0.717, 1.165) is 5.56 Å². The lowest BCUT2D eigenvalue weighted by Crippen LogP contribution is -1.82. The Bertz CT molecular complexity index is 511. The summed E-state index contributed by atoms with van der Waals surface area (Å²) in [6.45, 7) is 0. The molecule has 68 valence electrons. The molecule has 0 radical (unpaired) electrons. The van der Waals surface area contributed by atoms with E-state index in [-0.39, 0.29) is 0 Å². The number of fused-ring (bicyclic) bond motifs is 1. The number of hydrogen-bond acceptors (Lipinski definition) is 1. The van der Waals surface area contributed by atoms with Crippen molar-refractivity contribution in [2.75, 3.05) is 0 Å². The van der Waals surface area contributed by atoms with Gasteiger partial charge in [-0.3, -0.25) is 0 Å². The molecule has 2 rings (SSSR count). The number of hydrogen-bond donors (Lipinski definition) is 0. The minimum atomic E-state index is 0.488. The fraction of sp³-hybridized carbons (Fsp3) is 0.0833. The second-order valence-corrected chi connectivity index (χ2v) is 4.41. The second-order valence-electron chi connectivity index (χ2n) is 3.16. The van der Waals surface area contributed by atoms with E-state index in [9.17, 15) is 0 Å². The van der Waals surface area contributed by atoms with Crippen molar-refractivity contribution in [1.82, 2.24) is 0 Å². The van der Waals surface area contributed by atoms with Crippen LogP contribution in [0.1, 0.15) is 5.56 Å². The molecule has 0 saturated heterocycles. The lowest BCUT2D eigenvalue weighted by molar-refractivity contribution is 1.27. The van der Waals surface area contributed by atoms with Gasteiger partial charge in [0.1, 0.15) is 0 Å². The Morgan fingerprint density at radius 2 is 1.79 bits per heavy atom. The van der Waals surface area contributed by atoms with Gasteiger partial charge in [0, 0.05) is 3.57 Å². The Hall–Kier alpha value is -1.08. The van der Waals surface area contributed by atoms with Crippen LogP contribution in [0.2, 0.25) is 0 Å². The molecule has 0 aliphatic rings. The van der Waals surface area contributed by atoms with Gasteiger partial charge < -0.3 is 0 Å². The summed E-state index contributed by atoms with van der Waals surface area (Å²) in [6.07, 6.45) is 0.488. The highest BCUT2D eigenvalue weighted by atomic mass is 127. The van der Waals surface area contributed by atoms with E-state index in [4.69, 9.17) is 5.26 Å². The minimum Gasteiger partial charge on any atom is -0.198 e. The first kappa shape index (κ1) is 9.47. The third kappa shape index (κ3) is 1.88. The Morgan fingerprint density at radius 1 is 1.07 bits per heavy atom. The van der Waals surface area contributed by atoms with Gasteiger partial charge >= 0.3 is 0 Å². The zero-order valence-corrected chi connectivity index (χ0v) is 9.65. The van der Waals surface area contributed by atoms with E-state index < -0.39 is 0 Å². The van der Waals surface area contributed by atoms with Gasteiger partial charge in [-0.25, -0.2) is 0 Å². The van der Waals surface area contributed by atoms with Crippen LogP contribution in [0.5, 0.6) is 0 Å². The van der Waals surface area contributed by atoms with Crippen LogP contribution in [-0.4, -0.2) is 0 Å². The highest BCUT2D eigenvalue weighted by Crippen LogP contribution is 2.19. The van der Waals surface area contributed by atoms with E-state index in [1.54, 1.807) is 0 Å². The smallest absolute Gasteiger partial charge is 0.0669 e. The second kappa shape index (κ2) is 3.97. The summed E-state index contributed by atoms with van der Waals surface area (Å²) in [5, 5.41) is 11.0. The third-order valence-electron chi connectivity index (χ3n) is 2.15. The molecule has 0 bridgehead atoms. The van der Waals surface area contributed by atoms with Crippen LogP contribution in [0.3, 0.4) is 0 Å². The Balaban J connectivity index is 2.57. The SMILES string of the molecule is N#CCc1ccc2cc(I)ccc2c1. The van der Waals surface area contributed by atoms with Crippen LogP contribution in [0, 0.1) is 14.9 Å². The van der Waals surface area contributed by atoms with Crippen LogP contribution in [0.25, 0.3) is 10.8 Å². The van der Waals surface area contributed by atoms with Crippen molar-refractivity contribution in [3.8, 4) is 6.07 Å². The lowest BCUT2D eigenvalue weighted by atomic mass is 10.1. The van der Waals surface area contributed by atoms with Gasteiger partial charge in [0.15, 0.2) is 0 Å². The van der Waals surface area contributed by atoms with Gasteiger partial charge in [-0.2, -0.15) is 5.26 Å². The van der Waals surface area contributed by atoms with E-state index in [1.165, 1.54) is 14.3 Å². The highest BCUT2D eigenvalue weighted by molar-refractivity contribution is 14.1. The minimum absolute atomic E-state index is 0.488. The van der Waals surface area contributed by atoms with Crippen LogP contribution in [0.4, 0.5) is 0 Å². The molecule has 0 atom stereocenters. The first-order valence-electron chi connectivity index (χ1n) is 4.35. The first-order chi connectivity index (χ1) is 6.79. The average Bonchev–Trinajstić information content (AvgIpc) is 2.19. The standard InChI is InChI=1S/C12H8IN/c13-12-4-3-10-7-9(5-6-14)1-2-11(10)8-12/h1-4,7-8H,5H2. The summed E-state index contributed by atoms with van der Waals surface area (Å²) in [7, 11) is 0.